The van der Waals surface area contributed by atoms with E-state index in [1.165, 1.54) is 25.3 Å². The summed E-state index contributed by atoms with van der Waals surface area (Å²) in [7, 11) is 1.44. The van der Waals surface area contributed by atoms with Crippen LogP contribution in [0.4, 0.5) is 4.39 Å². The highest BCUT2D eigenvalue weighted by Gasteiger charge is 2.15. The van der Waals surface area contributed by atoms with Crippen LogP contribution in [-0.2, 0) is 0 Å². The predicted molar refractivity (Wildman–Crippen MR) is 71.2 cm³/mol. The summed E-state index contributed by atoms with van der Waals surface area (Å²) < 4.78 is 18.7. The number of pyridine rings is 1. The Morgan fingerprint density at radius 1 is 1.11 bits per heavy atom. The Balaban J connectivity index is 2.68. The fraction of sp³-hybridized carbons (Fsp3) is 0.0833. The van der Waals surface area contributed by atoms with Crippen molar-refractivity contribution in [1.82, 2.24) is 4.98 Å². The first-order chi connectivity index (χ1) is 8.52. The van der Waals surface area contributed by atoms with Crippen molar-refractivity contribution in [2.75, 3.05) is 7.11 Å². The van der Waals surface area contributed by atoms with Gasteiger partial charge >= 0.3 is 0 Å². The molecule has 18 heavy (non-hydrogen) atoms. The molecule has 0 aliphatic rings. The lowest BCUT2D eigenvalue weighted by molar-refractivity contribution is 0.396. The zero-order valence-electron chi connectivity index (χ0n) is 9.18. The summed E-state index contributed by atoms with van der Waals surface area (Å²) in [6, 6.07) is 4.42. The number of methoxy groups -OCH3 is 1. The molecule has 94 valence electrons. The first kappa shape index (κ1) is 13.4. The largest absolute Gasteiger partial charge is 0.481 e. The van der Waals surface area contributed by atoms with Gasteiger partial charge in [0.15, 0.2) is 0 Å². The highest BCUT2D eigenvalue weighted by molar-refractivity contribution is 6.41. The van der Waals surface area contributed by atoms with Gasteiger partial charge in [0.2, 0.25) is 5.88 Å². The van der Waals surface area contributed by atoms with E-state index in [4.69, 9.17) is 39.5 Å². The molecule has 2 aromatic rings. The third kappa shape index (κ3) is 2.53. The van der Waals surface area contributed by atoms with E-state index in [0.29, 0.717) is 10.6 Å². The molecule has 0 amide bonds. The molecule has 0 bridgehead atoms. The van der Waals surface area contributed by atoms with Gasteiger partial charge < -0.3 is 4.74 Å². The van der Waals surface area contributed by atoms with E-state index in [9.17, 15) is 4.39 Å². The van der Waals surface area contributed by atoms with E-state index < -0.39 is 5.82 Å². The monoisotopic (exact) mass is 305 g/mol. The average molecular weight is 307 g/mol. The van der Waals surface area contributed by atoms with Crippen LogP contribution in [0.1, 0.15) is 0 Å². The number of halogens is 4. The summed E-state index contributed by atoms with van der Waals surface area (Å²) >= 11 is 17.9. The van der Waals surface area contributed by atoms with Gasteiger partial charge in [-0.05, 0) is 12.1 Å². The fourth-order valence-corrected chi connectivity index (χ4v) is 2.54. The SMILES string of the molecule is COc1cc(-c2c(Cl)cc(Cl)cc2Cl)c(F)cn1. The normalized spacial score (nSPS) is 10.5. The molecule has 0 unspecified atom stereocenters. The number of hydrogen-bond acceptors (Lipinski definition) is 2. The van der Waals surface area contributed by atoms with E-state index in [1.807, 2.05) is 0 Å². The smallest absolute Gasteiger partial charge is 0.213 e. The topological polar surface area (TPSA) is 22.1 Å². The lowest BCUT2D eigenvalue weighted by atomic mass is 10.1. The van der Waals surface area contributed by atoms with Crippen molar-refractivity contribution in [3.8, 4) is 17.0 Å². The third-order valence-corrected chi connectivity index (χ3v) is 3.13. The van der Waals surface area contributed by atoms with Gasteiger partial charge in [-0.15, -0.1) is 0 Å². The van der Waals surface area contributed by atoms with E-state index in [2.05, 4.69) is 4.98 Å². The molecule has 0 aliphatic carbocycles. The lowest BCUT2D eigenvalue weighted by Gasteiger charge is -2.10. The molecule has 2 rings (SSSR count). The molecule has 1 aromatic heterocycles. The molecule has 0 saturated heterocycles. The maximum absolute atomic E-state index is 13.8. The Hall–Kier alpha value is -1.03. The van der Waals surface area contributed by atoms with Crippen molar-refractivity contribution in [2.45, 2.75) is 0 Å². The summed E-state index contributed by atoms with van der Waals surface area (Å²) in [4.78, 5) is 3.75. The van der Waals surface area contributed by atoms with Crippen LogP contribution in [0.5, 0.6) is 5.88 Å². The molecular weight excluding hydrogens is 299 g/mol. The number of rotatable bonds is 2. The third-order valence-electron chi connectivity index (χ3n) is 2.32. The fourth-order valence-electron chi connectivity index (χ4n) is 1.52. The van der Waals surface area contributed by atoms with E-state index in [-0.39, 0.29) is 21.5 Å². The van der Waals surface area contributed by atoms with Crippen LogP contribution in [0.2, 0.25) is 15.1 Å². The molecule has 0 radical (unpaired) electrons. The molecule has 2 nitrogen and oxygen atoms in total. The second kappa shape index (κ2) is 5.31. The Morgan fingerprint density at radius 3 is 2.28 bits per heavy atom. The van der Waals surface area contributed by atoms with Crippen molar-refractivity contribution >= 4 is 34.8 Å². The van der Waals surface area contributed by atoms with E-state index in [1.54, 1.807) is 0 Å². The minimum Gasteiger partial charge on any atom is -0.481 e. The lowest BCUT2D eigenvalue weighted by Crippen LogP contribution is -1.93. The van der Waals surface area contributed by atoms with Gasteiger partial charge in [0.1, 0.15) is 5.82 Å². The highest BCUT2D eigenvalue weighted by Crippen LogP contribution is 2.39. The maximum Gasteiger partial charge on any atom is 0.213 e. The van der Waals surface area contributed by atoms with Gasteiger partial charge in [-0.25, -0.2) is 9.37 Å². The average Bonchev–Trinajstić information content (AvgIpc) is 2.30. The van der Waals surface area contributed by atoms with Crippen molar-refractivity contribution in [2.24, 2.45) is 0 Å². The van der Waals surface area contributed by atoms with Gasteiger partial charge in [-0.3, -0.25) is 0 Å². The molecule has 1 heterocycles. The van der Waals surface area contributed by atoms with Gasteiger partial charge in [0, 0.05) is 22.2 Å². The maximum atomic E-state index is 13.8. The van der Waals surface area contributed by atoms with E-state index in [0.717, 1.165) is 6.20 Å². The van der Waals surface area contributed by atoms with Crippen LogP contribution in [0.3, 0.4) is 0 Å². The first-order valence-corrected chi connectivity index (χ1v) is 6.00. The van der Waals surface area contributed by atoms with Crippen LogP contribution in [-0.4, -0.2) is 12.1 Å². The molecule has 6 heteroatoms. The van der Waals surface area contributed by atoms with Crippen molar-refractivity contribution < 1.29 is 9.13 Å². The minimum absolute atomic E-state index is 0.216. The first-order valence-electron chi connectivity index (χ1n) is 4.87. The number of benzene rings is 1. The predicted octanol–water partition coefficient (Wildman–Crippen LogP) is 4.86. The molecule has 0 fully saturated rings. The molecule has 1 aromatic carbocycles. The van der Waals surface area contributed by atoms with Crippen LogP contribution in [0.25, 0.3) is 11.1 Å². The summed E-state index contributed by atoms with van der Waals surface area (Å²) in [5.74, 6) is -0.268. The molecule has 0 saturated carbocycles. The number of aromatic nitrogens is 1. The summed E-state index contributed by atoms with van der Waals surface area (Å²) in [5, 5.41) is 0.912. The van der Waals surface area contributed by atoms with Crippen molar-refractivity contribution in [1.29, 1.82) is 0 Å². The van der Waals surface area contributed by atoms with Crippen molar-refractivity contribution in [3.63, 3.8) is 0 Å². The standard InChI is InChI=1S/C12H7Cl3FNO/c1-18-11-4-7(10(16)5-17-11)12-8(14)2-6(13)3-9(12)15/h2-5H,1H3. The quantitative estimate of drug-likeness (QED) is 0.790. The zero-order chi connectivity index (χ0) is 13.3. The van der Waals surface area contributed by atoms with Gasteiger partial charge in [0.05, 0.1) is 23.4 Å². The second-order valence-electron chi connectivity index (χ2n) is 3.45. The number of nitrogens with zero attached hydrogens (tertiary/aromatic N) is 1. The van der Waals surface area contributed by atoms with Gasteiger partial charge in [0.25, 0.3) is 0 Å². The van der Waals surface area contributed by atoms with Gasteiger partial charge in [-0.1, -0.05) is 34.8 Å². The molecular formula is C12H7Cl3FNO. The molecule has 0 spiro atoms. The van der Waals surface area contributed by atoms with Crippen LogP contribution in [0, 0.1) is 5.82 Å². The molecule has 0 atom stereocenters. The van der Waals surface area contributed by atoms with Crippen molar-refractivity contribution in [3.05, 3.63) is 45.3 Å². The number of ether oxygens (including phenoxy) is 1. The Morgan fingerprint density at radius 2 is 1.72 bits per heavy atom. The summed E-state index contributed by atoms with van der Waals surface area (Å²) in [5.41, 5.74) is 0.578. The Kier molecular flexibility index (Phi) is 3.95. The minimum atomic E-state index is -0.540. The summed E-state index contributed by atoms with van der Waals surface area (Å²) in [6.45, 7) is 0. The second-order valence-corrected chi connectivity index (χ2v) is 4.70. The highest BCUT2D eigenvalue weighted by atomic mass is 35.5. The van der Waals surface area contributed by atoms with Crippen LogP contribution < -0.4 is 4.74 Å². The van der Waals surface area contributed by atoms with Gasteiger partial charge in [-0.2, -0.15) is 0 Å². The van der Waals surface area contributed by atoms with Crippen LogP contribution >= 0.6 is 34.8 Å². The Labute approximate surface area is 118 Å². The number of hydrogen-bond donors (Lipinski definition) is 0. The molecule has 0 aliphatic heterocycles. The zero-order valence-corrected chi connectivity index (χ0v) is 11.4. The van der Waals surface area contributed by atoms with E-state index >= 15 is 0 Å². The molecule has 0 N–H and O–H groups in total. The summed E-state index contributed by atoms with van der Waals surface area (Å²) in [6.07, 6.45) is 1.05. The Bertz CT molecular complexity index is 581. The van der Waals surface area contributed by atoms with Crippen LogP contribution in [0.15, 0.2) is 24.4 Å².